The molecular formula is C25H34N2O4. The second-order valence-electron chi connectivity index (χ2n) is 8.30. The van der Waals surface area contributed by atoms with Gasteiger partial charge in [0.05, 0.1) is 7.11 Å². The zero-order chi connectivity index (χ0) is 23.0. The molecule has 6 heteroatoms. The third kappa shape index (κ3) is 7.63. The van der Waals surface area contributed by atoms with E-state index >= 15 is 0 Å². The van der Waals surface area contributed by atoms with Crippen LogP contribution in [0.1, 0.15) is 37.5 Å². The summed E-state index contributed by atoms with van der Waals surface area (Å²) >= 11 is 0. The van der Waals surface area contributed by atoms with Gasteiger partial charge in [0.2, 0.25) is 5.91 Å². The minimum Gasteiger partial charge on any atom is -0.497 e. The van der Waals surface area contributed by atoms with E-state index < -0.39 is 6.04 Å². The molecule has 0 unspecified atom stereocenters. The molecule has 0 bridgehead atoms. The molecule has 0 heterocycles. The number of benzene rings is 2. The number of hydrogen-bond acceptors (Lipinski definition) is 4. The van der Waals surface area contributed by atoms with E-state index in [0.717, 1.165) is 22.4 Å². The van der Waals surface area contributed by atoms with Crippen LogP contribution in [0.3, 0.4) is 0 Å². The number of rotatable bonds is 10. The van der Waals surface area contributed by atoms with Crippen molar-refractivity contribution in [3.63, 3.8) is 0 Å². The van der Waals surface area contributed by atoms with Crippen LogP contribution < -0.4 is 14.8 Å². The average molecular weight is 427 g/mol. The first-order valence-electron chi connectivity index (χ1n) is 10.6. The van der Waals surface area contributed by atoms with Gasteiger partial charge in [-0.3, -0.25) is 9.59 Å². The smallest absolute Gasteiger partial charge is 0.261 e. The number of amides is 2. The number of aryl methyl sites for hydroxylation is 2. The van der Waals surface area contributed by atoms with E-state index in [1.807, 2.05) is 70.2 Å². The van der Waals surface area contributed by atoms with Gasteiger partial charge in [-0.05, 0) is 67.6 Å². The van der Waals surface area contributed by atoms with Crippen molar-refractivity contribution in [2.45, 2.75) is 47.2 Å². The molecule has 0 aliphatic carbocycles. The Morgan fingerprint density at radius 1 is 0.968 bits per heavy atom. The van der Waals surface area contributed by atoms with Crippen molar-refractivity contribution >= 4 is 11.8 Å². The van der Waals surface area contributed by atoms with Gasteiger partial charge in [-0.1, -0.05) is 32.0 Å². The molecule has 2 rings (SSSR count). The summed E-state index contributed by atoms with van der Waals surface area (Å²) in [6, 6.07) is 12.7. The first-order chi connectivity index (χ1) is 14.7. The number of hydrogen-bond donors (Lipinski definition) is 1. The van der Waals surface area contributed by atoms with Crippen LogP contribution in [0.25, 0.3) is 0 Å². The second-order valence-corrected chi connectivity index (χ2v) is 8.30. The fourth-order valence-corrected chi connectivity index (χ4v) is 3.21. The first kappa shape index (κ1) is 24.3. The summed E-state index contributed by atoms with van der Waals surface area (Å²) in [6.07, 6.45) is 0. The van der Waals surface area contributed by atoms with Crippen LogP contribution in [-0.2, 0) is 16.1 Å². The Morgan fingerprint density at radius 3 is 2.13 bits per heavy atom. The molecule has 0 radical (unpaired) electrons. The van der Waals surface area contributed by atoms with Crippen LogP contribution >= 0.6 is 0 Å². The third-order valence-electron chi connectivity index (χ3n) is 4.92. The lowest BCUT2D eigenvalue weighted by atomic mass is 10.1. The SMILES string of the molecule is COc1ccc(CN(C(=O)COc2cc(C)cc(C)c2)[C@H](C)C(=O)NCC(C)C)cc1. The van der Waals surface area contributed by atoms with Gasteiger partial charge < -0.3 is 19.7 Å². The van der Waals surface area contributed by atoms with Crippen LogP contribution in [0.5, 0.6) is 11.5 Å². The quantitative estimate of drug-likeness (QED) is 0.626. The Balaban J connectivity index is 2.15. The van der Waals surface area contributed by atoms with E-state index in [2.05, 4.69) is 5.32 Å². The molecule has 2 aromatic carbocycles. The highest BCUT2D eigenvalue weighted by Crippen LogP contribution is 2.18. The number of ether oxygens (including phenoxy) is 2. The van der Waals surface area contributed by atoms with Gasteiger partial charge in [0.1, 0.15) is 17.5 Å². The summed E-state index contributed by atoms with van der Waals surface area (Å²) in [5.74, 6) is 1.29. The fraction of sp³-hybridized carbons (Fsp3) is 0.440. The largest absolute Gasteiger partial charge is 0.497 e. The van der Waals surface area contributed by atoms with Gasteiger partial charge in [-0.25, -0.2) is 0 Å². The first-order valence-corrected chi connectivity index (χ1v) is 10.6. The van der Waals surface area contributed by atoms with Gasteiger partial charge in [0.25, 0.3) is 5.91 Å². The molecule has 1 atom stereocenters. The molecule has 6 nitrogen and oxygen atoms in total. The molecule has 0 spiro atoms. The van der Waals surface area contributed by atoms with E-state index in [9.17, 15) is 9.59 Å². The van der Waals surface area contributed by atoms with Crippen LogP contribution in [0.2, 0.25) is 0 Å². The number of carbonyl (C=O) groups is 2. The van der Waals surface area contributed by atoms with E-state index in [4.69, 9.17) is 9.47 Å². The van der Waals surface area contributed by atoms with Crippen LogP contribution in [-0.4, -0.2) is 43.0 Å². The highest BCUT2D eigenvalue weighted by molar-refractivity contribution is 5.88. The average Bonchev–Trinajstić information content (AvgIpc) is 2.73. The van der Waals surface area contributed by atoms with Gasteiger partial charge in [-0.15, -0.1) is 0 Å². The molecule has 31 heavy (non-hydrogen) atoms. The molecule has 0 saturated carbocycles. The number of methoxy groups -OCH3 is 1. The number of nitrogens with one attached hydrogen (secondary N) is 1. The van der Waals surface area contributed by atoms with Crippen molar-refractivity contribution in [1.82, 2.24) is 10.2 Å². The molecule has 0 saturated heterocycles. The van der Waals surface area contributed by atoms with Crippen LogP contribution in [0, 0.1) is 19.8 Å². The Hall–Kier alpha value is -3.02. The molecule has 0 fully saturated rings. The monoisotopic (exact) mass is 426 g/mol. The van der Waals surface area contributed by atoms with Crippen LogP contribution in [0.15, 0.2) is 42.5 Å². The van der Waals surface area contributed by atoms with Gasteiger partial charge >= 0.3 is 0 Å². The summed E-state index contributed by atoms with van der Waals surface area (Å²) in [4.78, 5) is 27.3. The zero-order valence-electron chi connectivity index (χ0n) is 19.4. The maximum absolute atomic E-state index is 13.1. The molecular weight excluding hydrogens is 392 g/mol. The normalized spacial score (nSPS) is 11.7. The highest BCUT2D eigenvalue weighted by atomic mass is 16.5. The lowest BCUT2D eigenvalue weighted by Crippen LogP contribution is -2.49. The predicted octanol–water partition coefficient (Wildman–Crippen LogP) is 3.88. The Kier molecular flexibility index (Phi) is 8.91. The summed E-state index contributed by atoms with van der Waals surface area (Å²) in [5.41, 5.74) is 3.04. The summed E-state index contributed by atoms with van der Waals surface area (Å²) in [7, 11) is 1.61. The number of carbonyl (C=O) groups excluding carboxylic acids is 2. The fourth-order valence-electron chi connectivity index (χ4n) is 3.21. The molecule has 0 aromatic heterocycles. The van der Waals surface area contributed by atoms with E-state index in [-0.39, 0.29) is 18.4 Å². The Morgan fingerprint density at radius 2 is 1.58 bits per heavy atom. The topological polar surface area (TPSA) is 67.9 Å². The van der Waals surface area contributed by atoms with Crippen molar-refractivity contribution in [2.75, 3.05) is 20.3 Å². The molecule has 168 valence electrons. The zero-order valence-corrected chi connectivity index (χ0v) is 19.4. The highest BCUT2D eigenvalue weighted by Gasteiger charge is 2.26. The molecule has 2 aromatic rings. The van der Waals surface area contributed by atoms with Gasteiger partial charge in [-0.2, -0.15) is 0 Å². The minimum absolute atomic E-state index is 0.138. The van der Waals surface area contributed by atoms with Crippen molar-refractivity contribution in [1.29, 1.82) is 0 Å². The molecule has 2 amide bonds. The maximum Gasteiger partial charge on any atom is 0.261 e. The predicted molar refractivity (Wildman–Crippen MR) is 122 cm³/mol. The maximum atomic E-state index is 13.1. The van der Waals surface area contributed by atoms with Gasteiger partial charge in [0.15, 0.2) is 6.61 Å². The van der Waals surface area contributed by atoms with Gasteiger partial charge in [0, 0.05) is 13.1 Å². The van der Waals surface area contributed by atoms with E-state index in [1.165, 1.54) is 0 Å². The summed E-state index contributed by atoms with van der Waals surface area (Å²) in [6.45, 7) is 10.5. The van der Waals surface area contributed by atoms with Crippen molar-refractivity contribution in [3.8, 4) is 11.5 Å². The van der Waals surface area contributed by atoms with Crippen molar-refractivity contribution in [3.05, 3.63) is 59.2 Å². The molecule has 0 aliphatic rings. The Bertz CT molecular complexity index is 857. The van der Waals surface area contributed by atoms with Crippen molar-refractivity contribution in [2.24, 2.45) is 5.92 Å². The lowest BCUT2D eigenvalue weighted by Gasteiger charge is -2.29. The van der Waals surface area contributed by atoms with E-state index in [1.54, 1.807) is 18.9 Å². The third-order valence-corrected chi connectivity index (χ3v) is 4.92. The minimum atomic E-state index is -0.629. The molecule has 1 N–H and O–H groups in total. The second kappa shape index (κ2) is 11.4. The van der Waals surface area contributed by atoms with Crippen LogP contribution in [0.4, 0.5) is 0 Å². The summed E-state index contributed by atoms with van der Waals surface area (Å²) < 4.78 is 11.0. The number of nitrogens with zero attached hydrogens (tertiary/aromatic N) is 1. The standard InChI is InChI=1S/C25H34N2O4/c1-17(2)14-26-25(29)20(5)27(15-21-7-9-22(30-6)10-8-21)24(28)16-31-23-12-18(3)11-19(4)13-23/h7-13,17,20H,14-16H2,1-6H3,(H,26,29)/t20-/m1/s1. The Labute approximate surface area is 185 Å². The van der Waals surface area contributed by atoms with E-state index in [0.29, 0.717) is 24.8 Å². The molecule has 0 aliphatic heterocycles. The lowest BCUT2D eigenvalue weighted by molar-refractivity contribution is -0.142. The summed E-state index contributed by atoms with van der Waals surface area (Å²) in [5, 5.41) is 2.92. The van der Waals surface area contributed by atoms with Crippen molar-refractivity contribution < 1.29 is 19.1 Å².